The Hall–Kier alpha value is -1.73. The van der Waals surface area contributed by atoms with Gasteiger partial charge >= 0.3 is 0 Å². The van der Waals surface area contributed by atoms with Gasteiger partial charge < -0.3 is 14.6 Å². The number of nitrogens with zero attached hydrogens (tertiary/aromatic N) is 3. The highest BCUT2D eigenvalue weighted by Gasteiger charge is 2.35. The van der Waals surface area contributed by atoms with Crippen LogP contribution in [0.1, 0.15) is 41.4 Å². The summed E-state index contributed by atoms with van der Waals surface area (Å²) in [5.41, 5.74) is 0.559. The first-order valence-corrected chi connectivity index (χ1v) is 9.09. The molecule has 0 aromatic carbocycles. The lowest BCUT2D eigenvalue weighted by Gasteiger charge is -2.40. The summed E-state index contributed by atoms with van der Waals surface area (Å²) in [4.78, 5) is 32.6. The number of hydrogen-bond donors (Lipinski definition) is 1. The second kappa shape index (κ2) is 6.29. The maximum absolute atomic E-state index is 12.9. The summed E-state index contributed by atoms with van der Waals surface area (Å²) in [6.07, 6.45) is 4.05. The average Bonchev–Trinajstić information content (AvgIpc) is 2.95. The van der Waals surface area contributed by atoms with Gasteiger partial charge in [0.15, 0.2) is 0 Å². The Labute approximate surface area is 144 Å². The van der Waals surface area contributed by atoms with Gasteiger partial charge in [0.1, 0.15) is 4.83 Å². The van der Waals surface area contributed by atoms with E-state index in [9.17, 15) is 14.7 Å². The van der Waals surface area contributed by atoms with Crippen LogP contribution in [0.4, 0.5) is 0 Å². The van der Waals surface area contributed by atoms with Crippen LogP contribution in [0.2, 0.25) is 0 Å². The standard InChI is InChI=1S/C17H23N3O3S/c1-4-17(9-21)5-7-20(8-6-17)16(23)13-11(2)12-14(24-13)18-10-19(3)15(12)22/h10,21H,4-9H2,1-3H3. The molecule has 6 nitrogen and oxygen atoms in total. The fourth-order valence-electron chi connectivity index (χ4n) is 3.36. The third kappa shape index (κ3) is 2.65. The zero-order chi connectivity index (χ0) is 17.5. The van der Waals surface area contributed by atoms with E-state index in [1.54, 1.807) is 7.05 Å². The van der Waals surface area contributed by atoms with Crippen LogP contribution < -0.4 is 5.56 Å². The largest absolute Gasteiger partial charge is 0.396 e. The van der Waals surface area contributed by atoms with Crippen molar-refractivity contribution in [1.82, 2.24) is 14.5 Å². The minimum absolute atomic E-state index is 0.0276. The van der Waals surface area contributed by atoms with E-state index in [0.717, 1.165) is 24.8 Å². The molecule has 0 saturated carbocycles. The molecular formula is C17H23N3O3S. The first kappa shape index (κ1) is 17.1. The Bertz CT molecular complexity index is 825. The van der Waals surface area contributed by atoms with Crippen molar-refractivity contribution in [3.05, 3.63) is 27.1 Å². The number of fused-ring (bicyclic) bond motifs is 1. The van der Waals surface area contributed by atoms with Crippen LogP contribution in [0.25, 0.3) is 10.2 Å². The van der Waals surface area contributed by atoms with E-state index in [-0.39, 0.29) is 23.5 Å². The second-order valence-electron chi connectivity index (χ2n) is 6.70. The van der Waals surface area contributed by atoms with E-state index < -0.39 is 0 Å². The van der Waals surface area contributed by atoms with Crippen molar-refractivity contribution in [2.45, 2.75) is 33.1 Å². The summed E-state index contributed by atoms with van der Waals surface area (Å²) in [6.45, 7) is 5.38. The average molecular weight is 349 g/mol. The first-order valence-electron chi connectivity index (χ1n) is 8.27. The van der Waals surface area contributed by atoms with Crippen molar-refractivity contribution in [2.75, 3.05) is 19.7 Å². The number of rotatable bonds is 3. The fourth-order valence-corrected chi connectivity index (χ4v) is 4.47. The van der Waals surface area contributed by atoms with E-state index in [0.29, 0.717) is 28.2 Å². The lowest BCUT2D eigenvalue weighted by Crippen LogP contribution is -2.44. The second-order valence-corrected chi connectivity index (χ2v) is 7.70. The number of carbonyl (C=O) groups is 1. The van der Waals surface area contributed by atoms with E-state index in [4.69, 9.17) is 0 Å². The van der Waals surface area contributed by atoms with Crippen molar-refractivity contribution in [3.63, 3.8) is 0 Å². The highest BCUT2D eigenvalue weighted by Crippen LogP contribution is 2.36. The van der Waals surface area contributed by atoms with Crippen LogP contribution in [-0.4, -0.2) is 45.2 Å². The van der Waals surface area contributed by atoms with Gasteiger partial charge in [-0.1, -0.05) is 6.92 Å². The molecule has 7 heteroatoms. The monoisotopic (exact) mass is 349 g/mol. The third-order valence-electron chi connectivity index (χ3n) is 5.40. The number of aliphatic hydroxyl groups is 1. The highest BCUT2D eigenvalue weighted by atomic mass is 32.1. The summed E-state index contributed by atoms with van der Waals surface area (Å²) < 4.78 is 1.44. The van der Waals surface area contributed by atoms with Crippen molar-refractivity contribution >= 4 is 27.5 Å². The van der Waals surface area contributed by atoms with Crippen LogP contribution in [0.5, 0.6) is 0 Å². The normalized spacial score (nSPS) is 17.4. The highest BCUT2D eigenvalue weighted by molar-refractivity contribution is 7.20. The predicted molar refractivity (Wildman–Crippen MR) is 94.5 cm³/mol. The molecule has 1 aliphatic rings. The molecule has 0 atom stereocenters. The Morgan fingerprint density at radius 3 is 2.67 bits per heavy atom. The molecule has 2 aromatic rings. The summed E-state index contributed by atoms with van der Waals surface area (Å²) in [5, 5.41) is 10.2. The number of aliphatic hydroxyl groups excluding tert-OH is 1. The topological polar surface area (TPSA) is 75.4 Å². The van der Waals surface area contributed by atoms with Gasteiger partial charge in [-0.2, -0.15) is 0 Å². The van der Waals surface area contributed by atoms with E-state index in [2.05, 4.69) is 11.9 Å². The number of amides is 1. The van der Waals surface area contributed by atoms with Crippen molar-refractivity contribution in [2.24, 2.45) is 12.5 Å². The van der Waals surface area contributed by atoms with Gasteiger partial charge in [0, 0.05) is 26.7 Å². The number of likely N-dealkylation sites (tertiary alicyclic amines) is 1. The Morgan fingerprint density at radius 2 is 2.08 bits per heavy atom. The van der Waals surface area contributed by atoms with Crippen LogP contribution in [0.15, 0.2) is 11.1 Å². The minimum atomic E-state index is -0.114. The molecule has 1 amide bonds. The van der Waals surface area contributed by atoms with Crippen LogP contribution >= 0.6 is 11.3 Å². The lowest BCUT2D eigenvalue weighted by molar-refractivity contribution is 0.0340. The van der Waals surface area contributed by atoms with Crippen LogP contribution in [-0.2, 0) is 7.05 Å². The molecule has 1 aliphatic heterocycles. The third-order valence-corrected chi connectivity index (χ3v) is 6.59. The smallest absolute Gasteiger partial charge is 0.264 e. The summed E-state index contributed by atoms with van der Waals surface area (Å²) in [7, 11) is 1.66. The lowest BCUT2D eigenvalue weighted by atomic mass is 9.77. The number of aromatic nitrogens is 2. The van der Waals surface area contributed by atoms with Crippen molar-refractivity contribution < 1.29 is 9.90 Å². The van der Waals surface area contributed by atoms with Gasteiger partial charge in [-0.3, -0.25) is 9.59 Å². The van der Waals surface area contributed by atoms with E-state index in [1.807, 2.05) is 11.8 Å². The van der Waals surface area contributed by atoms with Gasteiger partial charge in [-0.05, 0) is 37.2 Å². The Kier molecular flexibility index (Phi) is 4.48. The summed E-state index contributed by atoms with van der Waals surface area (Å²) >= 11 is 1.29. The minimum Gasteiger partial charge on any atom is -0.396 e. The van der Waals surface area contributed by atoms with Crippen LogP contribution in [0, 0.1) is 12.3 Å². The van der Waals surface area contributed by atoms with Gasteiger partial charge in [-0.15, -0.1) is 11.3 Å². The predicted octanol–water partition coefficient (Wildman–Crippen LogP) is 1.93. The van der Waals surface area contributed by atoms with Gasteiger partial charge in [0.05, 0.1) is 16.6 Å². The SMILES string of the molecule is CCC1(CO)CCN(C(=O)c2sc3ncn(C)c(=O)c3c2C)CC1. The molecule has 1 saturated heterocycles. The Morgan fingerprint density at radius 1 is 1.42 bits per heavy atom. The number of thiophene rings is 1. The van der Waals surface area contributed by atoms with Crippen molar-refractivity contribution in [3.8, 4) is 0 Å². The maximum Gasteiger partial charge on any atom is 0.264 e. The molecule has 1 N–H and O–H groups in total. The quantitative estimate of drug-likeness (QED) is 0.919. The Balaban J connectivity index is 1.89. The molecule has 0 unspecified atom stereocenters. The summed E-state index contributed by atoms with van der Waals surface area (Å²) in [6, 6.07) is 0. The maximum atomic E-state index is 12.9. The van der Waals surface area contributed by atoms with Gasteiger partial charge in [-0.25, -0.2) is 4.98 Å². The molecule has 0 spiro atoms. The molecule has 3 rings (SSSR count). The fraction of sp³-hybridized carbons (Fsp3) is 0.588. The number of hydrogen-bond acceptors (Lipinski definition) is 5. The van der Waals surface area contributed by atoms with E-state index >= 15 is 0 Å². The molecule has 0 aliphatic carbocycles. The molecule has 1 fully saturated rings. The molecule has 130 valence electrons. The zero-order valence-corrected chi connectivity index (χ0v) is 15.2. The van der Waals surface area contributed by atoms with Crippen LogP contribution in [0.3, 0.4) is 0 Å². The van der Waals surface area contributed by atoms with E-state index in [1.165, 1.54) is 22.2 Å². The van der Waals surface area contributed by atoms with Gasteiger partial charge in [0.2, 0.25) is 0 Å². The molecular weight excluding hydrogens is 326 g/mol. The van der Waals surface area contributed by atoms with Gasteiger partial charge in [0.25, 0.3) is 11.5 Å². The number of carbonyl (C=O) groups excluding carboxylic acids is 1. The molecule has 0 bridgehead atoms. The summed E-state index contributed by atoms with van der Waals surface area (Å²) in [5.74, 6) is -0.0276. The molecule has 0 radical (unpaired) electrons. The zero-order valence-electron chi connectivity index (χ0n) is 14.3. The van der Waals surface area contributed by atoms with Crippen molar-refractivity contribution in [1.29, 1.82) is 0 Å². The number of aryl methyl sites for hydroxylation is 2. The first-order chi connectivity index (χ1) is 11.4. The molecule has 24 heavy (non-hydrogen) atoms. The molecule has 2 aromatic heterocycles. The number of piperidine rings is 1. The molecule has 3 heterocycles.